The van der Waals surface area contributed by atoms with Gasteiger partial charge < -0.3 is 10.6 Å². The van der Waals surface area contributed by atoms with Crippen LogP contribution in [-0.4, -0.2) is 28.5 Å². The van der Waals surface area contributed by atoms with E-state index in [-0.39, 0.29) is 22.7 Å². The standard InChI is InChI=1S/C10H15N5O2/c1-10(3-4-10)5-12-9-7(15(16)17)8(11-2)13-6-14-9/h6H,3-5H2,1-2H3,(H2,11,12,13,14). The molecule has 0 atom stereocenters. The molecule has 1 aromatic heterocycles. The molecule has 1 heterocycles. The van der Waals surface area contributed by atoms with Gasteiger partial charge in [-0.25, -0.2) is 9.97 Å². The SMILES string of the molecule is CNc1ncnc(NCC2(C)CC2)c1[N+](=O)[O-]. The van der Waals surface area contributed by atoms with Crippen LogP contribution < -0.4 is 10.6 Å². The fourth-order valence-electron chi connectivity index (χ4n) is 1.55. The van der Waals surface area contributed by atoms with Gasteiger partial charge in [-0.1, -0.05) is 6.92 Å². The molecular formula is C10H15N5O2. The largest absolute Gasteiger partial charge is 0.367 e. The first kappa shape index (κ1) is 11.6. The number of nitrogens with zero attached hydrogens (tertiary/aromatic N) is 3. The summed E-state index contributed by atoms with van der Waals surface area (Å²) in [4.78, 5) is 18.3. The molecule has 0 aromatic carbocycles. The topological polar surface area (TPSA) is 93.0 Å². The molecule has 0 saturated heterocycles. The van der Waals surface area contributed by atoms with Crippen molar-refractivity contribution in [1.29, 1.82) is 0 Å². The average Bonchev–Trinajstić information content (AvgIpc) is 3.04. The summed E-state index contributed by atoms with van der Waals surface area (Å²) in [5.74, 6) is 0.510. The molecule has 17 heavy (non-hydrogen) atoms. The summed E-state index contributed by atoms with van der Waals surface area (Å²) in [6.45, 7) is 2.85. The number of rotatable bonds is 5. The maximum Gasteiger partial charge on any atom is 0.353 e. The Morgan fingerprint density at radius 2 is 2.12 bits per heavy atom. The molecule has 1 aliphatic rings. The Balaban J connectivity index is 2.22. The molecular weight excluding hydrogens is 222 g/mol. The van der Waals surface area contributed by atoms with E-state index in [9.17, 15) is 10.1 Å². The van der Waals surface area contributed by atoms with Crippen LogP contribution in [0.2, 0.25) is 0 Å². The molecule has 0 bridgehead atoms. The van der Waals surface area contributed by atoms with Crippen LogP contribution in [0.4, 0.5) is 17.3 Å². The van der Waals surface area contributed by atoms with Crippen LogP contribution in [0.5, 0.6) is 0 Å². The van der Waals surface area contributed by atoms with Crippen molar-refractivity contribution >= 4 is 17.3 Å². The van der Waals surface area contributed by atoms with Crippen molar-refractivity contribution < 1.29 is 4.92 Å². The maximum absolute atomic E-state index is 11.0. The highest BCUT2D eigenvalue weighted by Gasteiger charge is 2.37. The van der Waals surface area contributed by atoms with E-state index in [2.05, 4.69) is 27.5 Å². The fourth-order valence-corrected chi connectivity index (χ4v) is 1.55. The highest BCUT2D eigenvalue weighted by atomic mass is 16.6. The molecule has 7 nitrogen and oxygen atoms in total. The van der Waals surface area contributed by atoms with E-state index in [4.69, 9.17) is 0 Å². The van der Waals surface area contributed by atoms with Crippen LogP contribution >= 0.6 is 0 Å². The third-order valence-corrected chi connectivity index (χ3v) is 3.03. The van der Waals surface area contributed by atoms with Gasteiger partial charge in [0.05, 0.1) is 4.92 Å². The molecule has 1 aliphatic carbocycles. The van der Waals surface area contributed by atoms with Crippen molar-refractivity contribution in [2.45, 2.75) is 19.8 Å². The predicted molar refractivity (Wildman–Crippen MR) is 64.1 cm³/mol. The van der Waals surface area contributed by atoms with Crippen molar-refractivity contribution in [2.75, 3.05) is 24.2 Å². The number of hydrogen-bond acceptors (Lipinski definition) is 6. The first-order chi connectivity index (χ1) is 8.06. The van der Waals surface area contributed by atoms with Crippen LogP contribution in [0.15, 0.2) is 6.33 Å². The number of anilines is 2. The summed E-state index contributed by atoms with van der Waals surface area (Å²) in [7, 11) is 1.60. The summed E-state index contributed by atoms with van der Waals surface area (Å²) < 4.78 is 0. The highest BCUT2D eigenvalue weighted by Crippen LogP contribution is 2.45. The molecule has 0 radical (unpaired) electrons. The maximum atomic E-state index is 11.0. The van der Waals surface area contributed by atoms with E-state index >= 15 is 0 Å². The molecule has 0 amide bonds. The van der Waals surface area contributed by atoms with Gasteiger partial charge in [0, 0.05) is 13.6 Å². The third kappa shape index (κ3) is 2.43. The number of aromatic nitrogens is 2. The van der Waals surface area contributed by atoms with E-state index in [0.717, 1.165) is 12.8 Å². The molecule has 1 saturated carbocycles. The quantitative estimate of drug-likeness (QED) is 0.597. The molecule has 0 unspecified atom stereocenters. The Labute approximate surface area is 98.8 Å². The molecule has 0 spiro atoms. The zero-order valence-corrected chi connectivity index (χ0v) is 9.86. The van der Waals surface area contributed by atoms with Gasteiger partial charge in [-0.2, -0.15) is 0 Å². The van der Waals surface area contributed by atoms with Gasteiger partial charge in [0.25, 0.3) is 0 Å². The second kappa shape index (κ2) is 4.15. The number of hydrogen-bond donors (Lipinski definition) is 2. The van der Waals surface area contributed by atoms with Crippen LogP contribution in [0.1, 0.15) is 19.8 Å². The molecule has 92 valence electrons. The monoisotopic (exact) mass is 237 g/mol. The van der Waals surface area contributed by atoms with Crippen molar-refractivity contribution in [2.24, 2.45) is 5.41 Å². The van der Waals surface area contributed by atoms with E-state index < -0.39 is 4.92 Å². The summed E-state index contributed by atoms with van der Waals surface area (Å²) in [6, 6.07) is 0. The number of nitrogens with one attached hydrogen (secondary N) is 2. The highest BCUT2D eigenvalue weighted by molar-refractivity contribution is 5.69. The first-order valence-electron chi connectivity index (χ1n) is 5.47. The Hall–Kier alpha value is -1.92. The van der Waals surface area contributed by atoms with Crippen molar-refractivity contribution in [3.8, 4) is 0 Å². The zero-order valence-electron chi connectivity index (χ0n) is 9.86. The number of nitro groups is 1. The lowest BCUT2D eigenvalue weighted by molar-refractivity contribution is -0.383. The van der Waals surface area contributed by atoms with Gasteiger partial charge >= 0.3 is 5.69 Å². The minimum Gasteiger partial charge on any atom is -0.367 e. The normalized spacial score (nSPS) is 16.4. The summed E-state index contributed by atoms with van der Waals surface area (Å²) in [6.07, 6.45) is 3.62. The van der Waals surface area contributed by atoms with Gasteiger partial charge in [-0.15, -0.1) is 0 Å². The Morgan fingerprint density at radius 1 is 1.47 bits per heavy atom. The van der Waals surface area contributed by atoms with Gasteiger partial charge in [-0.05, 0) is 18.3 Å². The average molecular weight is 237 g/mol. The van der Waals surface area contributed by atoms with E-state index in [1.807, 2.05) is 0 Å². The second-order valence-electron chi connectivity index (χ2n) is 4.59. The van der Waals surface area contributed by atoms with Gasteiger partial charge in [0.2, 0.25) is 11.6 Å². The molecule has 2 rings (SSSR count). The minimum atomic E-state index is -0.469. The van der Waals surface area contributed by atoms with Gasteiger partial charge in [0.1, 0.15) is 6.33 Å². The minimum absolute atomic E-state index is 0.0979. The summed E-state index contributed by atoms with van der Waals surface area (Å²) >= 11 is 0. The zero-order chi connectivity index (χ0) is 12.5. The first-order valence-corrected chi connectivity index (χ1v) is 5.47. The van der Waals surface area contributed by atoms with Gasteiger partial charge in [0.15, 0.2) is 0 Å². The van der Waals surface area contributed by atoms with Crippen molar-refractivity contribution in [1.82, 2.24) is 9.97 Å². The molecule has 0 aliphatic heterocycles. The molecule has 7 heteroatoms. The lowest BCUT2D eigenvalue weighted by Gasteiger charge is -2.11. The van der Waals surface area contributed by atoms with E-state index in [1.165, 1.54) is 6.33 Å². The molecule has 1 fully saturated rings. The molecule has 2 N–H and O–H groups in total. The van der Waals surface area contributed by atoms with Crippen molar-refractivity contribution in [3.05, 3.63) is 16.4 Å². The summed E-state index contributed by atoms with van der Waals surface area (Å²) in [5.41, 5.74) is 0.165. The van der Waals surface area contributed by atoms with Crippen LogP contribution in [0.3, 0.4) is 0 Å². The van der Waals surface area contributed by atoms with Gasteiger partial charge in [-0.3, -0.25) is 10.1 Å². The second-order valence-corrected chi connectivity index (χ2v) is 4.59. The van der Waals surface area contributed by atoms with Crippen LogP contribution in [0.25, 0.3) is 0 Å². The Bertz CT molecular complexity index is 444. The van der Waals surface area contributed by atoms with Crippen molar-refractivity contribution in [3.63, 3.8) is 0 Å². The lowest BCUT2D eigenvalue weighted by Crippen LogP contribution is -2.15. The summed E-state index contributed by atoms with van der Waals surface area (Å²) in [5, 5.41) is 16.7. The lowest BCUT2D eigenvalue weighted by atomic mass is 10.1. The molecule has 1 aromatic rings. The third-order valence-electron chi connectivity index (χ3n) is 3.03. The van der Waals surface area contributed by atoms with Crippen LogP contribution in [0, 0.1) is 15.5 Å². The Morgan fingerprint density at radius 3 is 2.65 bits per heavy atom. The Kier molecular flexibility index (Phi) is 2.83. The fraction of sp³-hybridized carbons (Fsp3) is 0.600. The predicted octanol–water partition coefficient (Wildman–Crippen LogP) is 1.64. The van der Waals surface area contributed by atoms with E-state index in [0.29, 0.717) is 6.54 Å². The smallest absolute Gasteiger partial charge is 0.353 e. The van der Waals surface area contributed by atoms with E-state index in [1.54, 1.807) is 7.05 Å². The van der Waals surface area contributed by atoms with Crippen LogP contribution in [-0.2, 0) is 0 Å².